The van der Waals surface area contributed by atoms with Gasteiger partial charge in [-0.25, -0.2) is 13.4 Å². The Bertz CT molecular complexity index is 1310. The van der Waals surface area contributed by atoms with Crippen LogP contribution in [0.15, 0.2) is 61.1 Å². The van der Waals surface area contributed by atoms with Crippen LogP contribution in [-0.4, -0.2) is 65.6 Å². The number of sulfonamides is 1. The monoisotopic (exact) mass is 576 g/mol. The van der Waals surface area contributed by atoms with Gasteiger partial charge in [-0.15, -0.1) is 24.8 Å². The molecule has 0 saturated carbocycles. The van der Waals surface area contributed by atoms with Crippen LogP contribution in [0.25, 0.3) is 0 Å². The molecule has 2 aliphatic rings. The lowest BCUT2D eigenvalue weighted by molar-refractivity contribution is 0.310. The molecule has 204 valence electrons. The van der Waals surface area contributed by atoms with E-state index in [1.165, 1.54) is 0 Å². The Kier molecular flexibility index (Phi) is 10.6. The molecule has 0 aliphatic carbocycles. The van der Waals surface area contributed by atoms with E-state index in [2.05, 4.69) is 38.0 Å². The van der Waals surface area contributed by atoms with Crippen molar-refractivity contribution in [3.8, 4) is 6.07 Å². The van der Waals surface area contributed by atoms with Crippen LogP contribution in [0, 0.1) is 11.3 Å². The van der Waals surface area contributed by atoms with Gasteiger partial charge < -0.3 is 14.8 Å². The highest BCUT2D eigenvalue weighted by atomic mass is 35.5. The Morgan fingerprint density at radius 1 is 1.08 bits per heavy atom. The van der Waals surface area contributed by atoms with E-state index in [1.807, 2.05) is 36.4 Å². The van der Waals surface area contributed by atoms with Crippen molar-refractivity contribution >= 4 is 40.5 Å². The number of H-pyrrole nitrogens is 1. The number of anilines is 1. The van der Waals surface area contributed by atoms with Crippen LogP contribution < -0.4 is 4.90 Å². The number of halogens is 2. The van der Waals surface area contributed by atoms with Crippen molar-refractivity contribution in [2.45, 2.75) is 38.4 Å². The second-order valence-corrected chi connectivity index (χ2v) is 11.7. The van der Waals surface area contributed by atoms with Crippen LogP contribution in [-0.2, 0) is 29.5 Å². The number of aromatic amines is 1. The molecule has 0 spiro atoms. The summed E-state index contributed by atoms with van der Waals surface area (Å²) in [6.45, 7) is 3.86. The predicted molar refractivity (Wildman–Crippen MR) is 154 cm³/mol. The smallest absolute Gasteiger partial charge is 0.215 e. The highest BCUT2D eigenvalue weighted by molar-refractivity contribution is 7.89. The third-order valence-corrected chi connectivity index (χ3v) is 9.01. The number of benzene rings is 2. The maximum absolute atomic E-state index is 13.9. The Morgan fingerprint density at radius 2 is 1.84 bits per heavy atom. The maximum Gasteiger partial charge on any atom is 0.215 e. The van der Waals surface area contributed by atoms with Gasteiger partial charge in [0.15, 0.2) is 0 Å². The second-order valence-electron chi connectivity index (χ2n) is 9.67. The molecule has 1 N–H and O–H groups in total. The average molecular weight is 578 g/mol. The number of nitrogens with zero attached hydrogens (tertiary/aromatic N) is 5. The van der Waals surface area contributed by atoms with Crippen molar-refractivity contribution < 1.29 is 8.42 Å². The summed E-state index contributed by atoms with van der Waals surface area (Å²) in [5, 5.41) is 9.55. The molecule has 1 aromatic heterocycles. The number of likely N-dealkylation sites (tertiary alicyclic amines) is 1. The van der Waals surface area contributed by atoms with Gasteiger partial charge in [-0.3, -0.25) is 0 Å². The third-order valence-electron chi connectivity index (χ3n) is 7.17. The van der Waals surface area contributed by atoms with E-state index in [9.17, 15) is 13.7 Å². The fraction of sp³-hybridized carbons (Fsp3) is 0.407. The van der Waals surface area contributed by atoms with E-state index >= 15 is 0 Å². The topological polar surface area (TPSA) is 96.3 Å². The minimum Gasteiger partial charge on any atom is -0.364 e. The number of hydrogen-bond acceptors (Lipinski definition) is 6. The van der Waals surface area contributed by atoms with E-state index in [0.29, 0.717) is 31.6 Å². The fourth-order valence-electron chi connectivity index (χ4n) is 5.30. The zero-order valence-electron chi connectivity index (χ0n) is 21.2. The number of fused-ring (bicyclic) bond motifs is 1. The van der Waals surface area contributed by atoms with Gasteiger partial charge in [-0.05, 0) is 61.7 Å². The molecule has 1 fully saturated rings. The molecule has 3 heterocycles. The Hall–Kier alpha value is -2.61. The van der Waals surface area contributed by atoms with Crippen molar-refractivity contribution in [1.82, 2.24) is 19.2 Å². The molecule has 38 heavy (non-hydrogen) atoms. The summed E-state index contributed by atoms with van der Waals surface area (Å²) in [6.07, 6.45) is 6.33. The summed E-state index contributed by atoms with van der Waals surface area (Å²) in [4.78, 5) is 11.8. The van der Waals surface area contributed by atoms with E-state index < -0.39 is 10.0 Å². The molecule has 5 rings (SSSR count). The van der Waals surface area contributed by atoms with Gasteiger partial charge in [-0.1, -0.05) is 30.3 Å². The van der Waals surface area contributed by atoms with Crippen molar-refractivity contribution in [2.75, 3.05) is 36.8 Å². The molecule has 1 saturated heterocycles. The number of rotatable bonds is 8. The van der Waals surface area contributed by atoms with Gasteiger partial charge in [0.25, 0.3) is 0 Å². The lowest BCUT2D eigenvalue weighted by Gasteiger charge is -2.32. The van der Waals surface area contributed by atoms with Gasteiger partial charge in [0, 0.05) is 37.6 Å². The molecule has 0 unspecified atom stereocenters. The predicted octanol–water partition coefficient (Wildman–Crippen LogP) is 3.98. The number of nitrogens with one attached hydrogen (secondary N) is 1. The lowest BCUT2D eigenvalue weighted by Crippen LogP contribution is -2.47. The minimum absolute atomic E-state index is 0. The SMILES string of the molecule is Cl.Cl.N#Cc1ccc2c(c1)CN(S(=O)(=O)CCN1CCCC1)[C@H](Cc1ccccc1)CN2Cc1cnc[nH]1. The van der Waals surface area contributed by atoms with Gasteiger partial charge in [0.2, 0.25) is 10.0 Å². The Labute approximate surface area is 237 Å². The van der Waals surface area contributed by atoms with Crippen LogP contribution >= 0.6 is 24.8 Å². The number of nitriles is 1. The summed E-state index contributed by atoms with van der Waals surface area (Å²) >= 11 is 0. The summed E-state index contributed by atoms with van der Waals surface area (Å²) in [5.74, 6) is 0.103. The van der Waals surface area contributed by atoms with Crippen LogP contribution in [0.5, 0.6) is 0 Å². The lowest BCUT2D eigenvalue weighted by atomic mass is 10.1. The van der Waals surface area contributed by atoms with Crippen molar-refractivity contribution in [3.05, 3.63) is 83.4 Å². The van der Waals surface area contributed by atoms with E-state index in [-0.39, 0.29) is 43.2 Å². The average Bonchev–Trinajstić information content (AvgIpc) is 3.58. The molecule has 3 aromatic rings. The molecule has 2 aromatic carbocycles. The Morgan fingerprint density at radius 3 is 2.53 bits per heavy atom. The molecule has 0 bridgehead atoms. The van der Waals surface area contributed by atoms with Gasteiger partial charge in [0.05, 0.1) is 36.0 Å². The molecule has 1 atom stereocenters. The van der Waals surface area contributed by atoms with Gasteiger partial charge >= 0.3 is 0 Å². The summed E-state index contributed by atoms with van der Waals surface area (Å²) < 4.78 is 29.5. The largest absolute Gasteiger partial charge is 0.364 e. The molecule has 0 amide bonds. The zero-order valence-corrected chi connectivity index (χ0v) is 23.6. The van der Waals surface area contributed by atoms with Crippen LogP contribution in [0.2, 0.25) is 0 Å². The molecular weight excluding hydrogens is 543 g/mol. The quantitative estimate of drug-likeness (QED) is 0.435. The molecular formula is C27H34Cl2N6O2S. The van der Waals surface area contributed by atoms with Crippen molar-refractivity contribution in [2.24, 2.45) is 0 Å². The minimum atomic E-state index is -3.55. The number of hydrogen-bond donors (Lipinski definition) is 1. The van der Waals surface area contributed by atoms with Crippen LogP contribution in [0.1, 0.15) is 35.2 Å². The second kappa shape index (κ2) is 13.5. The van der Waals surface area contributed by atoms with E-state index in [0.717, 1.165) is 48.4 Å². The first-order valence-electron chi connectivity index (χ1n) is 12.5. The third kappa shape index (κ3) is 7.07. The fourth-order valence-corrected chi connectivity index (χ4v) is 6.96. The van der Waals surface area contributed by atoms with Crippen LogP contribution in [0.4, 0.5) is 5.69 Å². The maximum atomic E-state index is 13.9. The molecule has 8 nitrogen and oxygen atoms in total. The number of imidazole rings is 1. The summed E-state index contributed by atoms with van der Waals surface area (Å²) in [5.41, 5.74) is 4.40. The Balaban J connectivity index is 0.00000200. The zero-order chi connectivity index (χ0) is 25.0. The van der Waals surface area contributed by atoms with E-state index in [1.54, 1.807) is 16.8 Å². The van der Waals surface area contributed by atoms with Crippen molar-refractivity contribution in [3.63, 3.8) is 0 Å². The van der Waals surface area contributed by atoms with E-state index in [4.69, 9.17) is 0 Å². The van der Waals surface area contributed by atoms with Crippen molar-refractivity contribution in [1.29, 1.82) is 5.26 Å². The molecule has 2 aliphatic heterocycles. The first-order valence-corrected chi connectivity index (χ1v) is 14.1. The summed E-state index contributed by atoms with van der Waals surface area (Å²) in [6, 6.07) is 17.6. The highest BCUT2D eigenvalue weighted by Gasteiger charge is 2.36. The standard InChI is InChI=1S/C27H32N6O2S.2ClH/c28-16-23-8-9-27-24(14-23)18-33(36(34,35)13-12-31-10-4-5-11-31)26(15-22-6-2-1-3-7-22)20-32(27)19-25-17-29-21-30-25;;/h1-3,6-9,14,17,21,26H,4-5,10-13,15,18-20H2,(H,29,30);2*1H/t26-;;/m1../s1. The first-order chi connectivity index (χ1) is 17.5. The van der Waals surface area contributed by atoms with Gasteiger partial charge in [0.1, 0.15) is 0 Å². The normalized spacial score (nSPS) is 18.1. The molecule has 11 heteroatoms. The van der Waals surface area contributed by atoms with Gasteiger partial charge in [-0.2, -0.15) is 9.57 Å². The summed E-state index contributed by atoms with van der Waals surface area (Å²) in [7, 11) is -3.55. The highest BCUT2D eigenvalue weighted by Crippen LogP contribution is 2.32. The van der Waals surface area contributed by atoms with Crippen LogP contribution in [0.3, 0.4) is 0 Å². The number of aromatic nitrogens is 2. The first kappa shape index (κ1) is 29.9. The molecule has 0 radical (unpaired) electrons.